The van der Waals surface area contributed by atoms with Crippen LogP contribution in [0.5, 0.6) is 0 Å². The molecule has 1 heterocycles. The van der Waals surface area contributed by atoms with Crippen molar-refractivity contribution in [2.45, 2.75) is 118 Å². The van der Waals surface area contributed by atoms with E-state index in [4.69, 9.17) is 18.9 Å². The minimum Gasteiger partial charge on any atom is -0.463 e. The Balaban J connectivity index is 1.94. The maximum absolute atomic E-state index is 13.6. The Morgan fingerprint density at radius 3 is 2.19 bits per heavy atom. The maximum Gasteiger partial charge on any atom is 0.316 e. The molecule has 1 fully saturated rings. The van der Waals surface area contributed by atoms with Gasteiger partial charge in [0.25, 0.3) is 0 Å². The van der Waals surface area contributed by atoms with Crippen molar-refractivity contribution in [1.82, 2.24) is 4.90 Å². The lowest BCUT2D eigenvalue weighted by Gasteiger charge is -2.36. The Hall–Kier alpha value is -3.80. The van der Waals surface area contributed by atoms with E-state index in [9.17, 15) is 28.8 Å². The van der Waals surface area contributed by atoms with Crippen molar-refractivity contribution in [3.8, 4) is 0 Å². The number of benzene rings is 1. The molecule has 1 saturated heterocycles. The third-order valence-corrected chi connectivity index (χ3v) is 9.91. The van der Waals surface area contributed by atoms with Crippen LogP contribution in [0.4, 0.5) is 0 Å². The van der Waals surface area contributed by atoms with Crippen LogP contribution < -0.4 is 0 Å². The zero-order valence-electron chi connectivity index (χ0n) is 32.8. The van der Waals surface area contributed by atoms with E-state index < -0.39 is 46.9 Å². The first-order valence-electron chi connectivity index (χ1n) is 18.8. The summed E-state index contributed by atoms with van der Waals surface area (Å²) < 4.78 is 22.5. The second-order valence-electron chi connectivity index (χ2n) is 15.3. The zero-order chi connectivity index (χ0) is 38.9. The van der Waals surface area contributed by atoms with Gasteiger partial charge in [-0.3, -0.25) is 28.8 Å². The summed E-state index contributed by atoms with van der Waals surface area (Å²) in [5.41, 5.74) is 0.160. The van der Waals surface area contributed by atoms with Crippen LogP contribution in [0.1, 0.15) is 105 Å². The lowest BCUT2D eigenvalue weighted by molar-refractivity contribution is -0.903. The number of likely N-dealkylation sites (tertiary alicyclic amines) is 1. The lowest BCUT2D eigenvalue weighted by Crippen LogP contribution is -2.44. The quantitative estimate of drug-likeness (QED) is 0.0498. The van der Waals surface area contributed by atoms with Gasteiger partial charge in [0.1, 0.15) is 50.7 Å². The number of esters is 4. The number of ketones is 1. The summed E-state index contributed by atoms with van der Waals surface area (Å²) in [5.74, 6) is -4.47. The zero-order valence-corrected chi connectivity index (χ0v) is 32.8. The summed E-state index contributed by atoms with van der Waals surface area (Å²) in [6, 6.07) is 9.82. The predicted molar refractivity (Wildman–Crippen MR) is 195 cm³/mol. The molecule has 1 aromatic carbocycles. The van der Waals surface area contributed by atoms with Crippen LogP contribution in [0, 0.1) is 17.3 Å². The number of nitrogens with zero attached hydrogens (tertiary/aromatic N) is 2. The average molecular weight is 732 g/mol. The van der Waals surface area contributed by atoms with E-state index in [0.29, 0.717) is 49.7 Å². The van der Waals surface area contributed by atoms with E-state index in [2.05, 4.69) is 26.2 Å². The number of Topliss-reactive ketones (excluding diaryl/α,β-unsaturated/α-hetero) is 1. The van der Waals surface area contributed by atoms with E-state index in [0.717, 1.165) is 25.8 Å². The lowest BCUT2D eigenvalue weighted by atomic mass is 9.78. The predicted octanol–water partition coefficient (Wildman–Crippen LogP) is 5.43. The molecular formula is C40H63N2O10+. The van der Waals surface area contributed by atoms with Gasteiger partial charge in [-0.05, 0) is 65.7 Å². The van der Waals surface area contributed by atoms with Crippen LogP contribution in [0.25, 0.3) is 0 Å². The summed E-state index contributed by atoms with van der Waals surface area (Å²) in [4.78, 5) is 78.1. The van der Waals surface area contributed by atoms with E-state index in [1.54, 1.807) is 13.8 Å². The normalized spacial score (nSPS) is 17.1. The van der Waals surface area contributed by atoms with Crippen molar-refractivity contribution in [2.24, 2.45) is 17.3 Å². The molecule has 292 valence electrons. The van der Waals surface area contributed by atoms with Gasteiger partial charge < -0.3 is 28.3 Å². The molecule has 1 amide bonds. The Morgan fingerprint density at radius 2 is 1.56 bits per heavy atom. The van der Waals surface area contributed by atoms with Crippen molar-refractivity contribution in [2.75, 3.05) is 47.0 Å². The van der Waals surface area contributed by atoms with Crippen molar-refractivity contribution < 1.29 is 52.2 Å². The molecule has 2 rings (SSSR count). The number of likely N-dealkylation sites (N-methyl/N-ethyl adjacent to an activating group) is 1. The molecule has 0 bridgehead atoms. The first-order valence-corrected chi connectivity index (χ1v) is 18.8. The van der Waals surface area contributed by atoms with Crippen LogP contribution in [-0.4, -0.2) is 104 Å². The van der Waals surface area contributed by atoms with Crippen molar-refractivity contribution >= 4 is 35.6 Å². The van der Waals surface area contributed by atoms with Crippen LogP contribution in [0.3, 0.4) is 0 Å². The number of ether oxygens (including phenoxy) is 4. The van der Waals surface area contributed by atoms with E-state index >= 15 is 0 Å². The molecule has 5 atom stereocenters. The van der Waals surface area contributed by atoms with Gasteiger partial charge in [-0.2, -0.15) is 0 Å². The number of quaternary nitrogens is 1. The average Bonchev–Trinajstić information content (AvgIpc) is 3.30. The first kappa shape index (κ1) is 44.4. The summed E-state index contributed by atoms with van der Waals surface area (Å²) in [6.45, 7) is 11.5. The van der Waals surface area contributed by atoms with Gasteiger partial charge in [0, 0.05) is 31.5 Å². The molecule has 0 saturated carbocycles. The van der Waals surface area contributed by atoms with Crippen LogP contribution in [0.15, 0.2) is 30.3 Å². The van der Waals surface area contributed by atoms with Gasteiger partial charge in [0.05, 0.1) is 25.4 Å². The molecular weight excluding hydrogens is 668 g/mol. The van der Waals surface area contributed by atoms with E-state index in [1.165, 1.54) is 19.4 Å². The molecule has 0 spiro atoms. The van der Waals surface area contributed by atoms with Crippen molar-refractivity contribution in [3.05, 3.63) is 35.9 Å². The molecule has 1 aromatic rings. The van der Waals surface area contributed by atoms with Crippen LogP contribution >= 0.6 is 0 Å². The van der Waals surface area contributed by atoms with Crippen molar-refractivity contribution in [1.29, 1.82) is 0 Å². The van der Waals surface area contributed by atoms with E-state index in [1.807, 2.05) is 36.9 Å². The van der Waals surface area contributed by atoms with Crippen LogP contribution in [0.2, 0.25) is 0 Å². The number of carbonyl (C=O) groups is 6. The SMILES string of the molecule is CCC(CCC(C)(CC(C)N1CCCCCC1=O)C(=O)OCCOC(=O)C(CC(C)C(=O)OCC[N+](C)(C)Cc1ccccc1)C(C)=O)OC(C)=O. The minimum atomic E-state index is -1.17. The highest BCUT2D eigenvalue weighted by Crippen LogP contribution is 2.34. The molecule has 0 aromatic heterocycles. The Bertz CT molecular complexity index is 1330. The Kier molecular flexibility index (Phi) is 18.5. The van der Waals surface area contributed by atoms with E-state index in [-0.39, 0.29) is 44.3 Å². The summed E-state index contributed by atoms with van der Waals surface area (Å²) in [7, 11) is 4.10. The monoisotopic (exact) mass is 731 g/mol. The van der Waals surface area contributed by atoms with Gasteiger partial charge in [-0.25, -0.2) is 0 Å². The second kappa shape index (κ2) is 21.7. The molecule has 5 unspecified atom stereocenters. The molecule has 1 aliphatic heterocycles. The standard InChI is InChI=1S/C40H63N2O10/c1-9-34(52-32(5)44)19-20-40(6,27-30(3)41-21-15-11-14-18-36(41)45)39(48)51-25-24-50-38(47)35(31(4)43)26-29(2)37(46)49-23-22-42(7,8)28-33-16-12-10-13-17-33/h10,12-13,16-17,29-30,34-35H,9,11,14-15,18-28H2,1-8H3/q+1. The number of rotatable bonds is 22. The highest BCUT2D eigenvalue weighted by atomic mass is 16.6. The fraction of sp³-hybridized carbons (Fsp3) is 0.700. The summed E-state index contributed by atoms with van der Waals surface area (Å²) in [6.07, 6.45) is 4.50. The second-order valence-corrected chi connectivity index (χ2v) is 15.3. The third kappa shape index (κ3) is 15.4. The fourth-order valence-electron chi connectivity index (χ4n) is 6.70. The molecule has 0 N–H and O–H groups in total. The topological polar surface area (TPSA) is 143 Å². The van der Waals surface area contributed by atoms with Gasteiger partial charge in [0.2, 0.25) is 5.91 Å². The molecule has 1 aliphatic rings. The summed E-state index contributed by atoms with van der Waals surface area (Å²) in [5, 5.41) is 0. The largest absolute Gasteiger partial charge is 0.463 e. The molecule has 12 nitrogen and oxygen atoms in total. The number of carbonyl (C=O) groups excluding carboxylic acids is 6. The number of hydrogen-bond acceptors (Lipinski definition) is 10. The Morgan fingerprint density at radius 1 is 0.904 bits per heavy atom. The molecule has 0 radical (unpaired) electrons. The summed E-state index contributed by atoms with van der Waals surface area (Å²) >= 11 is 0. The van der Waals surface area contributed by atoms with Crippen LogP contribution in [-0.2, 0) is 54.3 Å². The van der Waals surface area contributed by atoms with Gasteiger partial charge in [-0.15, -0.1) is 0 Å². The highest BCUT2D eigenvalue weighted by molar-refractivity contribution is 5.98. The number of amides is 1. The molecule has 0 aliphatic carbocycles. The highest BCUT2D eigenvalue weighted by Gasteiger charge is 2.39. The van der Waals surface area contributed by atoms with Gasteiger partial charge in [-0.1, -0.05) is 50.6 Å². The Labute approximate surface area is 310 Å². The number of hydrogen-bond donors (Lipinski definition) is 0. The molecule has 12 heteroatoms. The fourth-order valence-corrected chi connectivity index (χ4v) is 6.70. The van der Waals surface area contributed by atoms with Gasteiger partial charge in [0.15, 0.2) is 0 Å². The first-order chi connectivity index (χ1) is 24.5. The van der Waals surface area contributed by atoms with Crippen molar-refractivity contribution in [3.63, 3.8) is 0 Å². The van der Waals surface area contributed by atoms with Gasteiger partial charge >= 0.3 is 23.9 Å². The molecule has 52 heavy (non-hydrogen) atoms. The maximum atomic E-state index is 13.6. The minimum absolute atomic E-state index is 0.0683. The third-order valence-electron chi connectivity index (χ3n) is 9.91. The smallest absolute Gasteiger partial charge is 0.316 e.